The number of carbonyl (C=O) groups excluding carboxylic acids is 2. The van der Waals surface area contributed by atoms with Gasteiger partial charge in [-0.1, -0.05) is 36.1 Å². The molecule has 1 amide bonds. The van der Waals surface area contributed by atoms with Crippen LogP contribution < -0.4 is 9.84 Å². The third kappa shape index (κ3) is 3.83. The van der Waals surface area contributed by atoms with E-state index in [1.807, 2.05) is 19.1 Å². The van der Waals surface area contributed by atoms with E-state index in [2.05, 4.69) is 0 Å². The van der Waals surface area contributed by atoms with E-state index in [0.29, 0.717) is 11.5 Å². The average Bonchev–Trinajstić information content (AvgIpc) is 2.69. The summed E-state index contributed by atoms with van der Waals surface area (Å²) in [6.45, 7) is 1.96. The molecule has 0 radical (unpaired) electrons. The Labute approximate surface area is 131 Å². The number of carbonyl (C=O) groups is 2. The maximum Gasteiger partial charge on any atom is 0.266 e. The van der Waals surface area contributed by atoms with Crippen LogP contribution in [0.3, 0.4) is 0 Å². The molecular weight excluding hydrogens is 310 g/mol. The summed E-state index contributed by atoms with van der Waals surface area (Å²) in [5.74, 6) is -1.00. The summed E-state index contributed by atoms with van der Waals surface area (Å²) < 4.78 is 5.56. The van der Waals surface area contributed by atoms with Crippen molar-refractivity contribution in [2.75, 3.05) is 13.2 Å². The number of amides is 1. The molecule has 5 nitrogen and oxygen atoms in total. The van der Waals surface area contributed by atoms with Gasteiger partial charge in [0, 0.05) is 0 Å². The Morgan fingerprint density at radius 2 is 2.10 bits per heavy atom. The number of carboxylic acids is 1. The minimum absolute atomic E-state index is 0.224. The van der Waals surface area contributed by atoms with Crippen LogP contribution in [-0.2, 0) is 9.59 Å². The van der Waals surface area contributed by atoms with Crippen molar-refractivity contribution >= 4 is 46.3 Å². The molecular formula is C14H12NO4S2-. The van der Waals surface area contributed by atoms with Gasteiger partial charge in [0.15, 0.2) is 0 Å². The molecule has 0 atom stereocenters. The molecule has 0 spiro atoms. The summed E-state index contributed by atoms with van der Waals surface area (Å²) in [7, 11) is 0. The molecule has 0 N–H and O–H groups in total. The SMILES string of the molecule is CCOc1ccc(/C=C2/SC(=S)N(CC(=O)[O-])C2=O)cc1. The highest BCUT2D eigenvalue weighted by Crippen LogP contribution is 2.32. The van der Waals surface area contributed by atoms with Gasteiger partial charge in [-0.3, -0.25) is 9.69 Å². The molecule has 1 heterocycles. The van der Waals surface area contributed by atoms with Gasteiger partial charge < -0.3 is 14.6 Å². The van der Waals surface area contributed by atoms with Crippen LogP contribution in [0, 0.1) is 0 Å². The standard InChI is InChI=1S/C14H13NO4S2/c1-2-19-10-5-3-9(4-6-10)7-11-13(18)15(8-12(16)17)14(20)21-11/h3-7H,2,8H2,1H3,(H,16,17)/p-1/b11-7+. The van der Waals surface area contributed by atoms with E-state index in [9.17, 15) is 14.7 Å². The highest BCUT2D eigenvalue weighted by molar-refractivity contribution is 8.26. The van der Waals surface area contributed by atoms with Crippen LogP contribution in [0.5, 0.6) is 5.75 Å². The van der Waals surface area contributed by atoms with Crippen LogP contribution in [0.15, 0.2) is 29.2 Å². The van der Waals surface area contributed by atoms with Gasteiger partial charge in [-0.15, -0.1) is 0 Å². The summed E-state index contributed by atoms with van der Waals surface area (Å²) in [4.78, 5) is 24.1. The number of hydrogen-bond donors (Lipinski definition) is 0. The molecule has 0 aromatic heterocycles. The smallest absolute Gasteiger partial charge is 0.266 e. The number of thiocarbonyl (C=S) groups is 1. The fraction of sp³-hybridized carbons (Fsp3) is 0.214. The number of rotatable bonds is 5. The van der Waals surface area contributed by atoms with Crippen LogP contribution in [0.1, 0.15) is 12.5 Å². The van der Waals surface area contributed by atoms with Crippen molar-refractivity contribution in [3.05, 3.63) is 34.7 Å². The zero-order chi connectivity index (χ0) is 15.4. The first-order valence-electron chi connectivity index (χ1n) is 6.19. The molecule has 1 fully saturated rings. The predicted molar refractivity (Wildman–Crippen MR) is 82.5 cm³/mol. The van der Waals surface area contributed by atoms with Crippen molar-refractivity contribution < 1.29 is 19.4 Å². The third-order valence-electron chi connectivity index (χ3n) is 2.65. The summed E-state index contributed by atoms with van der Waals surface area (Å²) in [6, 6.07) is 7.24. The third-order valence-corrected chi connectivity index (χ3v) is 4.03. The van der Waals surface area contributed by atoms with Gasteiger partial charge in [0.1, 0.15) is 10.1 Å². The summed E-state index contributed by atoms with van der Waals surface area (Å²) in [6.07, 6.45) is 1.67. The van der Waals surface area contributed by atoms with Crippen LogP contribution >= 0.6 is 24.0 Å². The number of thioether (sulfide) groups is 1. The van der Waals surface area contributed by atoms with E-state index in [0.717, 1.165) is 28.0 Å². The topological polar surface area (TPSA) is 69.7 Å². The molecule has 1 aliphatic heterocycles. The van der Waals surface area contributed by atoms with Gasteiger partial charge in [-0.2, -0.15) is 0 Å². The van der Waals surface area contributed by atoms with Crippen molar-refractivity contribution in [1.82, 2.24) is 4.90 Å². The van der Waals surface area contributed by atoms with E-state index in [1.165, 1.54) is 0 Å². The molecule has 2 rings (SSSR count). The Balaban J connectivity index is 2.16. The summed E-state index contributed by atoms with van der Waals surface area (Å²) in [5.41, 5.74) is 0.812. The Morgan fingerprint density at radius 1 is 1.43 bits per heavy atom. The quantitative estimate of drug-likeness (QED) is 0.596. The average molecular weight is 322 g/mol. The number of benzene rings is 1. The number of hydrogen-bond acceptors (Lipinski definition) is 6. The Morgan fingerprint density at radius 3 is 2.67 bits per heavy atom. The summed E-state index contributed by atoms with van der Waals surface area (Å²) in [5, 5.41) is 10.6. The van der Waals surface area contributed by atoms with Crippen molar-refractivity contribution in [2.24, 2.45) is 0 Å². The lowest BCUT2D eigenvalue weighted by Crippen LogP contribution is -2.40. The molecule has 0 unspecified atom stereocenters. The zero-order valence-corrected chi connectivity index (χ0v) is 12.8. The van der Waals surface area contributed by atoms with Crippen LogP contribution in [0.25, 0.3) is 6.08 Å². The lowest BCUT2D eigenvalue weighted by atomic mass is 10.2. The molecule has 110 valence electrons. The van der Waals surface area contributed by atoms with Crippen molar-refractivity contribution in [1.29, 1.82) is 0 Å². The van der Waals surface area contributed by atoms with E-state index in [-0.39, 0.29) is 4.32 Å². The highest BCUT2D eigenvalue weighted by Gasteiger charge is 2.31. The maximum atomic E-state index is 12.1. The van der Waals surface area contributed by atoms with Crippen molar-refractivity contribution in [3.63, 3.8) is 0 Å². The number of ether oxygens (including phenoxy) is 1. The minimum atomic E-state index is -1.34. The predicted octanol–water partition coefficient (Wildman–Crippen LogP) is 1.04. The highest BCUT2D eigenvalue weighted by atomic mass is 32.2. The molecule has 0 bridgehead atoms. The van der Waals surface area contributed by atoms with Crippen LogP contribution in [0.4, 0.5) is 0 Å². The normalized spacial score (nSPS) is 16.6. The van der Waals surface area contributed by atoms with Gasteiger partial charge >= 0.3 is 0 Å². The lowest BCUT2D eigenvalue weighted by Gasteiger charge is -2.14. The maximum absolute atomic E-state index is 12.1. The van der Waals surface area contributed by atoms with Gasteiger partial charge in [0.05, 0.1) is 24.0 Å². The lowest BCUT2D eigenvalue weighted by molar-refractivity contribution is -0.305. The zero-order valence-electron chi connectivity index (χ0n) is 11.2. The molecule has 1 aromatic carbocycles. The van der Waals surface area contributed by atoms with E-state index in [1.54, 1.807) is 18.2 Å². The molecule has 21 heavy (non-hydrogen) atoms. The van der Waals surface area contributed by atoms with E-state index in [4.69, 9.17) is 17.0 Å². The first kappa shape index (κ1) is 15.5. The number of carboxylic acid groups (broad SMARTS) is 1. The minimum Gasteiger partial charge on any atom is -0.548 e. The Kier molecular flexibility index (Phi) is 4.98. The Bertz CT molecular complexity index is 610. The monoisotopic (exact) mass is 322 g/mol. The van der Waals surface area contributed by atoms with E-state index < -0.39 is 18.4 Å². The second kappa shape index (κ2) is 6.73. The van der Waals surface area contributed by atoms with Gasteiger partial charge in [0.2, 0.25) is 0 Å². The number of nitrogens with zero attached hydrogens (tertiary/aromatic N) is 1. The molecule has 1 aromatic rings. The number of aliphatic carboxylic acids is 1. The largest absolute Gasteiger partial charge is 0.548 e. The first-order chi connectivity index (χ1) is 10.0. The second-order valence-corrected chi connectivity index (χ2v) is 5.82. The first-order valence-corrected chi connectivity index (χ1v) is 7.42. The second-order valence-electron chi connectivity index (χ2n) is 4.14. The summed E-state index contributed by atoms with van der Waals surface area (Å²) >= 11 is 6.08. The molecule has 1 saturated heterocycles. The van der Waals surface area contributed by atoms with E-state index >= 15 is 0 Å². The molecule has 0 aliphatic carbocycles. The van der Waals surface area contributed by atoms with Crippen molar-refractivity contribution in [3.8, 4) is 5.75 Å². The molecule has 1 aliphatic rings. The molecule has 7 heteroatoms. The van der Waals surface area contributed by atoms with Gasteiger partial charge in [-0.05, 0) is 30.7 Å². The molecule has 0 saturated carbocycles. The fourth-order valence-electron chi connectivity index (χ4n) is 1.74. The fourth-order valence-corrected chi connectivity index (χ4v) is 3.00. The van der Waals surface area contributed by atoms with Crippen LogP contribution in [0.2, 0.25) is 0 Å². The van der Waals surface area contributed by atoms with Crippen LogP contribution in [-0.4, -0.2) is 34.2 Å². The van der Waals surface area contributed by atoms with Gasteiger partial charge in [-0.25, -0.2) is 0 Å². The van der Waals surface area contributed by atoms with Gasteiger partial charge in [0.25, 0.3) is 5.91 Å². The van der Waals surface area contributed by atoms with Crippen molar-refractivity contribution in [2.45, 2.75) is 6.92 Å². The Hall–Kier alpha value is -1.86.